The van der Waals surface area contributed by atoms with Crippen molar-refractivity contribution in [3.05, 3.63) is 58.3 Å². The first kappa shape index (κ1) is 24.3. The number of carboxylic acid groups (broad SMARTS) is 1. The molecular formula is C30H36N3O3+. The number of aliphatic carboxylic acids is 1. The van der Waals surface area contributed by atoms with Gasteiger partial charge in [-0.2, -0.15) is 0 Å². The van der Waals surface area contributed by atoms with E-state index in [0.29, 0.717) is 13.0 Å². The van der Waals surface area contributed by atoms with Crippen molar-refractivity contribution in [2.75, 3.05) is 18.0 Å². The molecule has 0 saturated heterocycles. The first-order valence-electron chi connectivity index (χ1n) is 12.8. The van der Waals surface area contributed by atoms with Gasteiger partial charge in [0.05, 0.1) is 23.6 Å². The van der Waals surface area contributed by atoms with Crippen molar-refractivity contribution in [3.63, 3.8) is 0 Å². The molecule has 2 aromatic rings. The molecule has 3 aliphatic rings. The highest BCUT2D eigenvalue weighted by atomic mass is 16.5. The molecule has 0 spiro atoms. The van der Waals surface area contributed by atoms with E-state index in [1.165, 1.54) is 22.4 Å². The maximum absolute atomic E-state index is 11.1. The first-order valence-corrected chi connectivity index (χ1v) is 12.8. The van der Waals surface area contributed by atoms with Gasteiger partial charge < -0.3 is 14.7 Å². The van der Waals surface area contributed by atoms with Crippen molar-refractivity contribution in [3.8, 4) is 11.5 Å². The Kier molecular flexibility index (Phi) is 5.62. The highest BCUT2D eigenvalue weighted by Crippen LogP contribution is 2.46. The van der Waals surface area contributed by atoms with Crippen LogP contribution in [0, 0.1) is 0 Å². The molecule has 0 fully saturated rings. The maximum atomic E-state index is 11.1. The van der Waals surface area contributed by atoms with Crippen molar-refractivity contribution in [2.45, 2.75) is 72.4 Å². The zero-order chi connectivity index (χ0) is 26.0. The Morgan fingerprint density at radius 3 is 2.44 bits per heavy atom. The Morgan fingerprint density at radius 2 is 1.75 bits per heavy atom. The number of ether oxygens (including phenoxy) is 1. The van der Waals surface area contributed by atoms with Crippen LogP contribution in [0.25, 0.3) is 11.1 Å². The van der Waals surface area contributed by atoms with Gasteiger partial charge in [0.1, 0.15) is 17.6 Å². The lowest BCUT2D eigenvalue weighted by molar-refractivity contribution is -0.137. The number of benzene rings is 2. The van der Waals surface area contributed by atoms with Gasteiger partial charge in [-0.3, -0.25) is 4.79 Å². The van der Waals surface area contributed by atoms with Gasteiger partial charge in [0.2, 0.25) is 5.36 Å². The second kappa shape index (κ2) is 8.32. The number of fused-ring (bicyclic) bond motifs is 4. The zero-order valence-corrected chi connectivity index (χ0v) is 22.4. The molecule has 0 radical (unpaired) electrons. The normalized spacial score (nSPS) is 18.5. The predicted molar refractivity (Wildman–Crippen MR) is 145 cm³/mol. The summed E-state index contributed by atoms with van der Waals surface area (Å²) in [6.45, 7) is 16.9. The molecule has 36 heavy (non-hydrogen) atoms. The molecule has 2 aromatic carbocycles. The molecule has 188 valence electrons. The van der Waals surface area contributed by atoms with Crippen LogP contribution in [-0.2, 0) is 4.79 Å². The van der Waals surface area contributed by atoms with Gasteiger partial charge in [0.25, 0.3) is 0 Å². The minimum Gasteiger partial charge on any atom is -0.481 e. The summed E-state index contributed by atoms with van der Waals surface area (Å²) in [7, 11) is 0. The summed E-state index contributed by atoms with van der Waals surface area (Å²) >= 11 is 0. The molecule has 0 atom stereocenters. The maximum Gasteiger partial charge on any atom is 0.303 e. The molecule has 0 aromatic heterocycles. The molecular weight excluding hydrogens is 450 g/mol. The Balaban J connectivity index is 1.67. The van der Waals surface area contributed by atoms with Crippen LogP contribution in [0.5, 0.6) is 11.5 Å². The van der Waals surface area contributed by atoms with Gasteiger partial charge >= 0.3 is 5.97 Å². The van der Waals surface area contributed by atoms with Crippen LogP contribution in [0.1, 0.15) is 72.4 Å². The van der Waals surface area contributed by atoms with Crippen LogP contribution in [0.15, 0.2) is 41.4 Å². The predicted octanol–water partition coefficient (Wildman–Crippen LogP) is 5.32. The second-order valence-corrected chi connectivity index (χ2v) is 11.2. The highest BCUT2D eigenvalue weighted by Gasteiger charge is 2.35. The number of nitrogens with zero attached hydrogens (tertiary/aromatic N) is 3. The van der Waals surface area contributed by atoms with Gasteiger partial charge in [-0.1, -0.05) is 6.08 Å². The molecule has 6 nitrogen and oxygen atoms in total. The van der Waals surface area contributed by atoms with Crippen LogP contribution in [-0.4, -0.2) is 35.2 Å². The topological polar surface area (TPSA) is 65.1 Å². The largest absolute Gasteiger partial charge is 0.481 e. The van der Waals surface area contributed by atoms with E-state index in [1.807, 2.05) is 0 Å². The summed E-state index contributed by atoms with van der Waals surface area (Å²) < 4.78 is 8.81. The lowest BCUT2D eigenvalue weighted by Crippen LogP contribution is -2.50. The third-order valence-corrected chi connectivity index (χ3v) is 7.67. The molecule has 0 unspecified atom stereocenters. The lowest BCUT2D eigenvalue weighted by Gasteiger charge is -2.43. The number of allylic oxidation sites excluding steroid dienone is 2. The Bertz CT molecular complexity index is 1480. The summed E-state index contributed by atoms with van der Waals surface area (Å²) in [5, 5.41) is 11.1. The van der Waals surface area contributed by atoms with E-state index in [1.54, 1.807) is 0 Å². The van der Waals surface area contributed by atoms with E-state index >= 15 is 0 Å². The summed E-state index contributed by atoms with van der Waals surface area (Å²) in [4.78, 5) is 18.6. The molecule has 6 heteroatoms. The van der Waals surface area contributed by atoms with Gasteiger partial charge in [0.15, 0.2) is 17.0 Å². The molecule has 0 bridgehead atoms. The smallest absolute Gasteiger partial charge is 0.303 e. The fourth-order valence-electron chi connectivity index (χ4n) is 6.15. The third-order valence-electron chi connectivity index (χ3n) is 7.67. The van der Waals surface area contributed by atoms with Crippen LogP contribution in [0.4, 0.5) is 11.4 Å². The lowest BCUT2D eigenvalue weighted by atomic mass is 9.88. The monoisotopic (exact) mass is 486 g/mol. The van der Waals surface area contributed by atoms with E-state index in [0.717, 1.165) is 40.0 Å². The molecule has 0 saturated carbocycles. The number of anilines is 1. The fourth-order valence-corrected chi connectivity index (χ4v) is 6.15. The number of likely N-dealkylation sites (N-methyl/N-ethyl adjacent to an activating group) is 1. The van der Waals surface area contributed by atoms with Crippen molar-refractivity contribution in [1.29, 1.82) is 0 Å². The average Bonchev–Trinajstić information content (AvgIpc) is 2.77. The van der Waals surface area contributed by atoms with Crippen molar-refractivity contribution < 1.29 is 14.6 Å². The molecule has 3 aliphatic heterocycles. The number of hydrogen-bond acceptors (Lipinski definition) is 4. The number of rotatable bonds is 5. The summed E-state index contributed by atoms with van der Waals surface area (Å²) in [6.07, 6.45) is 5.32. The van der Waals surface area contributed by atoms with Crippen molar-refractivity contribution in [1.82, 2.24) is 4.58 Å². The van der Waals surface area contributed by atoms with Crippen LogP contribution >= 0.6 is 0 Å². The Morgan fingerprint density at radius 1 is 1.03 bits per heavy atom. The average molecular weight is 487 g/mol. The fraction of sp³-hybridized carbons (Fsp3) is 0.433. The summed E-state index contributed by atoms with van der Waals surface area (Å²) in [5.41, 5.74) is 6.48. The van der Waals surface area contributed by atoms with E-state index in [9.17, 15) is 4.79 Å². The Hall–Kier alpha value is -3.41. The molecule has 0 aliphatic carbocycles. The van der Waals surface area contributed by atoms with Crippen LogP contribution in [0.2, 0.25) is 0 Å². The quantitative estimate of drug-likeness (QED) is 0.496. The van der Waals surface area contributed by atoms with E-state index in [4.69, 9.17) is 14.8 Å². The van der Waals surface area contributed by atoms with Gasteiger partial charge in [-0.25, -0.2) is 9.57 Å². The molecule has 5 rings (SSSR count). The van der Waals surface area contributed by atoms with Crippen LogP contribution < -0.4 is 24.9 Å². The van der Waals surface area contributed by atoms with Gasteiger partial charge in [-0.05, 0) is 64.0 Å². The van der Waals surface area contributed by atoms with Crippen molar-refractivity contribution in [2.24, 2.45) is 4.99 Å². The number of hydrogen-bond donors (Lipinski definition) is 1. The molecule has 1 N–H and O–H groups in total. The van der Waals surface area contributed by atoms with E-state index in [2.05, 4.69) is 94.4 Å². The first-order chi connectivity index (χ1) is 16.9. The standard InChI is InChI=1S/C30H35N3O3/c1-8-32-24-14-26-22(12-20(24)18(2)16-29(32,4)5)31-23-13-21-19(3)17-30(6,7)33(11-9-10-28(34)35)25(21)15-27(23)36-26/h12-17H,8-11H2,1-7H3/p+1. The SMILES string of the molecule is CCN1c2cc3c(cc2C(C)=CC1(C)C)N=c1cc2c(cc1O3)=[N+](CCCC(=O)O)C(C)(C)C=C2C. The summed E-state index contributed by atoms with van der Waals surface area (Å²) in [5.74, 6) is 0.740. The van der Waals surface area contributed by atoms with Crippen molar-refractivity contribution >= 4 is 28.5 Å². The third kappa shape index (κ3) is 3.93. The highest BCUT2D eigenvalue weighted by molar-refractivity contribution is 5.85. The number of carboxylic acids is 1. The van der Waals surface area contributed by atoms with Crippen LogP contribution in [0.3, 0.4) is 0 Å². The van der Waals surface area contributed by atoms with E-state index in [-0.39, 0.29) is 17.5 Å². The Labute approximate surface area is 212 Å². The minimum absolute atomic E-state index is 0.0746. The number of carbonyl (C=O) groups is 1. The minimum atomic E-state index is -0.765. The summed E-state index contributed by atoms with van der Waals surface area (Å²) in [6, 6.07) is 8.49. The van der Waals surface area contributed by atoms with Gasteiger partial charge in [-0.15, -0.1) is 0 Å². The van der Waals surface area contributed by atoms with Gasteiger partial charge in [0, 0.05) is 44.1 Å². The molecule has 0 amide bonds. The van der Waals surface area contributed by atoms with E-state index < -0.39 is 5.97 Å². The molecule has 3 heterocycles. The zero-order valence-electron chi connectivity index (χ0n) is 22.4. The second-order valence-electron chi connectivity index (χ2n) is 11.2.